The van der Waals surface area contributed by atoms with E-state index < -0.39 is 4.92 Å². The fourth-order valence-corrected chi connectivity index (χ4v) is 4.21. The van der Waals surface area contributed by atoms with E-state index in [-0.39, 0.29) is 36.0 Å². The van der Waals surface area contributed by atoms with Crippen LogP contribution in [-0.2, 0) is 4.79 Å². The number of hydrogen-bond acceptors (Lipinski definition) is 8. The van der Waals surface area contributed by atoms with Crippen molar-refractivity contribution in [3.05, 3.63) is 67.8 Å². The zero-order valence-corrected chi connectivity index (χ0v) is 20.0. The van der Waals surface area contributed by atoms with Crippen LogP contribution < -0.4 is 16.4 Å². The van der Waals surface area contributed by atoms with E-state index in [4.69, 9.17) is 28.9 Å². The number of amides is 1. The van der Waals surface area contributed by atoms with Crippen molar-refractivity contribution in [2.24, 2.45) is 0 Å². The van der Waals surface area contributed by atoms with Gasteiger partial charge in [-0.1, -0.05) is 29.3 Å². The van der Waals surface area contributed by atoms with Crippen molar-refractivity contribution < 1.29 is 14.8 Å². The van der Waals surface area contributed by atoms with Crippen LogP contribution in [0.15, 0.2) is 42.1 Å². The lowest BCUT2D eigenvalue weighted by Crippen LogP contribution is -2.36. The van der Waals surface area contributed by atoms with Gasteiger partial charge in [0, 0.05) is 59.5 Å². The number of halogens is 2. The Hall–Kier alpha value is -3.08. The Kier molecular flexibility index (Phi) is 8.54. The van der Waals surface area contributed by atoms with Crippen molar-refractivity contribution in [2.45, 2.75) is 25.3 Å². The monoisotopic (exact) mass is 508 g/mol. The van der Waals surface area contributed by atoms with E-state index in [1.54, 1.807) is 19.1 Å². The number of nitro groups is 1. The van der Waals surface area contributed by atoms with Gasteiger partial charge in [-0.25, -0.2) is 4.98 Å². The van der Waals surface area contributed by atoms with E-state index in [2.05, 4.69) is 15.6 Å². The molecule has 34 heavy (non-hydrogen) atoms. The highest BCUT2D eigenvalue weighted by molar-refractivity contribution is 6.35. The molecular formula is C22H26Cl2N6O4. The number of carbonyl (C=O) groups is 1. The van der Waals surface area contributed by atoms with Gasteiger partial charge in [0.1, 0.15) is 5.82 Å². The van der Waals surface area contributed by atoms with Crippen LogP contribution in [0.25, 0.3) is 0 Å². The number of nitrogens with two attached hydrogens (primary N) is 1. The number of benzene rings is 1. The largest absolute Gasteiger partial charge is 0.394 e. The van der Waals surface area contributed by atoms with Crippen LogP contribution in [0.4, 0.5) is 17.3 Å². The predicted molar refractivity (Wildman–Crippen MR) is 132 cm³/mol. The second kappa shape index (κ2) is 11.4. The zero-order valence-electron chi connectivity index (χ0n) is 18.5. The Bertz CT molecular complexity index is 1100. The number of nitrogen functional groups attached to an aromatic ring is 1. The molecule has 2 aromatic rings. The standard InChI is InChI=1S/C22H26Cl2N6O4/c1-13(12-31)27-22(32)17-11-29(10-16(17)15-4-3-14(23)9-18(15)24)8-2-7-26-20-6-5-19(30(33)34)21(25)28-20/h3-6,9,11,13,16,31H,2,7-8,10,12H2,1H3,(H,27,32)(H3,25,26,28)/t13-,16?/m0/s1. The highest BCUT2D eigenvalue weighted by Crippen LogP contribution is 2.36. The number of hydrogen-bond donors (Lipinski definition) is 4. The van der Waals surface area contributed by atoms with Crippen LogP contribution in [-0.4, -0.2) is 58.1 Å². The third kappa shape index (κ3) is 6.28. The number of aliphatic hydroxyl groups excluding tert-OH is 1. The lowest BCUT2D eigenvalue weighted by atomic mass is 9.92. The zero-order chi connectivity index (χ0) is 24.8. The number of anilines is 2. The molecule has 0 bridgehead atoms. The quantitative estimate of drug-likeness (QED) is 0.217. The van der Waals surface area contributed by atoms with Gasteiger partial charge in [-0.05, 0) is 37.1 Å². The van der Waals surface area contributed by atoms with Crippen LogP contribution in [0.5, 0.6) is 0 Å². The number of rotatable bonds is 10. The molecule has 2 heterocycles. The van der Waals surface area contributed by atoms with Gasteiger partial charge in [-0.2, -0.15) is 0 Å². The molecule has 2 atom stereocenters. The first kappa shape index (κ1) is 25.5. The lowest BCUT2D eigenvalue weighted by molar-refractivity contribution is -0.384. The van der Waals surface area contributed by atoms with Crippen LogP contribution >= 0.6 is 23.2 Å². The molecule has 0 radical (unpaired) electrons. The average molecular weight is 509 g/mol. The van der Waals surface area contributed by atoms with Crippen LogP contribution in [0, 0.1) is 10.1 Å². The minimum Gasteiger partial charge on any atom is -0.394 e. The van der Waals surface area contributed by atoms with Gasteiger partial charge in [0.2, 0.25) is 11.7 Å². The molecule has 0 aliphatic carbocycles. The average Bonchev–Trinajstić information content (AvgIpc) is 3.20. The molecular weight excluding hydrogens is 483 g/mol. The lowest BCUT2D eigenvalue weighted by Gasteiger charge is -2.20. The summed E-state index contributed by atoms with van der Waals surface area (Å²) in [5, 5.41) is 27.0. The molecule has 1 amide bonds. The second-order valence-electron chi connectivity index (χ2n) is 7.99. The summed E-state index contributed by atoms with van der Waals surface area (Å²) in [7, 11) is 0. The van der Waals surface area contributed by atoms with Crippen molar-refractivity contribution in [3.8, 4) is 0 Å². The molecule has 0 saturated carbocycles. The molecule has 1 aromatic heterocycles. The molecule has 5 N–H and O–H groups in total. The topological polar surface area (TPSA) is 147 Å². The van der Waals surface area contributed by atoms with Crippen molar-refractivity contribution in [1.29, 1.82) is 0 Å². The maximum Gasteiger partial charge on any atom is 0.311 e. The van der Waals surface area contributed by atoms with Crippen molar-refractivity contribution in [2.75, 3.05) is 37.3 Å². The molecule has 182 valence electrons. The number of pyridine rings is 1. The Morgan fingerprint density at radius 3 is 2.79 bits per heavy atom. The molecule has 1 aliphatic heterocycles. The number of nitrogens with one attached hydrogen (secondary N) is 2. The van der Waals surface area contributed by atoms with Crippen LogP contribution in [0.1, 0.15) is 24.8 Å². The fraction of sp³-hybridized carbons (Fsp3) is 0.364. The van der Waals surface area contributed by atoms with Gasteiger partial charge in [0.25, 0.3) is 0 Å². The third-order valence-corrected chi connectivity index (χ3v) is 5.96. The second-order valence-corrected chi connectivity index (χ2v) is 8.84. The first-order chi connectivity index (χ1) is 16.2. The molecule has 3 rings (SSSR count). The van der Waals surface area contributed by atoms with Gasteiger partial charge >= 0.3 is 5.69 Å². The molecule has 1 aliphatic rings. The van der Waals surface area contributed by atoms with Gasteiger partial charge in [-0.3, -0.25) is 14.9 Å². The Balaban J connectivity index is 1.65. The Labute approximate surface area is 206 Å². The van der Waals surface area contributed by atoms with Crippen molar-refractivity contribution in [3.63, 3.8) is 0 Å². The van der Waals surface area contributed by atoms with Gasteiger partial charge in [-0.15, -0.1) is 0 Å². The highest BCUT2D eigenvalue weighted by atomic mass is 35.5. The SMILES string of the molecule is C[C@@H](CO)NC(=O)C1=CN(CCCNc2ccc([N+](=O)[O-])c(N)n2)CC1c1ccc(Cl)cc1Cl. The van der Waals surface area contributed by atoms with E-state index in [0.29, 0.717) is 47.5 Å². The van der Waals surface area contributed by atoms with E-state index in [1.165, 1.54) is 12.1 Å². The smallest absolute Gasteiger partial charge is 0.311 e. The van der Waals surface area contributed by atoms with Crippen LogP contribution in [0.2, 0.25) is 10.0 Å². The van der Waals surface area contributed by atoms with Gasteiger partial charge < -0.3 is 26.4 Å². The minimum absolute atomic E-state index is 0.145. The Morgan fingerprint density at radius 1 is 1.38 bits per heavy atom. The molecule has 10 nitrogen and oxygen atoms in total. The van der Waals surface area contributed by atoms with E-state index in [1.807, 2.05) is 17.2 Å². The van der Waals surface area contributed by atoms with E-state index in [9.17, 15) is 20.0 Å². The molecule has 12 heteroatoms. The maximum absolute atomic E-state index is 12.9. The summed E-state index contributed by atoms with van der Waals surface area (Å²) in [6, 6.07) is 7.65. The minimum atomic E-state index is -0.579. The number of aromatic nitrogens is 1. The number of carbonyl (C=O) groups excluding carboxylic acids is 1. The molecule has 0 fully saturated rings. The van der Waals surface area contributed by atoms with Crippen molar-refractivity contribution >= 4 is 46.4 Å². The van der Waals surface area contributed by atoms with Crippen molar-refractivity contribution in [1.82, 2.24) is 15.2 Å². The van der Waals surface area contributed by atoms with Gasteiger partial charge in [0.15, 0.2) is 0 Å². The summed E-state index contributed by atoms with van der Waals surface area (Å²) in [6.07, 6.45) is 2.52. The summed E-state index contributed by atoms with van der Waals surface area (Å²) in [5.41, 5.74) is 6.75. The number of nitrogens with zero attached hydrogens (tertiary/aromatic N) is 3. The first-order valence-electron chi connectivity index (χ1n) is 10.7. The first-order valence-corrected chi connectivity index (χ1v) is 11.4. The van der Waals surface area contributed by atoms with E-state index >= 15 is 0 Å². The summed E-state index contributed by atoms with van der Waals surface area (Å²) in [5.74, 6) is -0.208. The molecule has 0 spiro atoms. The molecule has 0 saturated heterocycles. The summed E-state index contributed by atoms with van der Waals surface area (Å²) < 4.78 is 0. The normalized spacial score (nSPS) is 16.2. The molecule has 1 aromatic carbocycles. The third-order valence-electron chi connectivity index (χ3n) is 5.39. The summed E-state index contributed by atoms with van der Waals surface area (Å²) in [6.45, 7) is 3.30. The highest BCUT2D eigenvalue weighted by Gasteiger charge is 2.32. The summed E-state index contributed by atoms with van der Waals surface area (Å²) in [4.78, 5) is 29.2. The maximum atomic E-state index is 12.9. The predicted octanol–water partition coefficient (Wildman–Crippen LogP) is 3.16. The number of aliphatic hydroxyl groups is 1. The summed E-state index contributed by atoms with van der Waals surface area (Å²) >= 11 is 12.5. The Morgan fingerprint density at radius 2 is 2.15 bits per heavy atom. The fourth-order valence-electron chi connectivity index (χ4n) is 3.67. The van der Waals surface area contributed by atoms with Gasteiger partial charge in [0.05, 0.1) is 11.5 Å². The van der Waals surface area contributed by atoms with Crippen LogP contribution in [0.3, 0.4) is 0 Å². The molecule has 1 unspecified atom stereocenters. The van der Waals surface area contributed by atoms with E-state index in [0.717, 1.165) is 5.56 Å².